The fraction of sp³-hybridized carbons (Fsp3) is 0.650. The van der Waals surface area contributed by atoms with Crippen LogP contribution >= 0.6 is 23.2 Å². The van der Waals surface area contributed by atoms with Gasteiger partial charge in [-0.2, -0.15) is 0 Å². The van der Waals surface area contributed by atoms with Gasteiger partial charge in [-0.25, -0.2) is 0 Å². The van der Waals surface area contributed by atoms with Gasteiger partial charge in [0.2, 0.25) is 0 Å². The third-order valence-corrected chi connectivity index (χ3v) is 7.31. The highest BCUT2D eigenvalue weighted by atomic mass is 35.5. The Morgan fingerprint density at radius 2 is 1.72 bits per heavy atom. The molecule has 4 bridgehead atoms. The van der Waals surface area contributed by atoms with E-state index in [0.717, 1.165) is 17.8 Å². The second-order valence-electron chi connectivity index (χ2n) is 8.44. The first-order valence-corrected chi connectivity index (χ1v) is 9.99. The number of rotatable bonds is 4. The predicted octanol–water partition coefficient (Wildman–Crippen LogP) is 5.34. The van der Waals surface area contributed by atoms with Crippen molar-refractivity contribution in [2.45, 2.75) is 51.5 Å². The number of methoxy groups -OCH3 is 1. The Morgan fingerprint density at radius 3 is 2.24 bits per heavy atom. The van der Waals surface area contributed by atoms with Crippen molar-refractivity contribution in [1.29, 1.82) is 0 Å². The van der Waals surface area contributed by atoms with Crippen LogP contribution in [0, 0.1) is 23.2 Å². The van der Waals surface area contributed by atoms with Crippen molar-refractivity contribution in [1.82, 2.24) is 5.32 Å². The highest BCUT2D eigenvalue weighted by molar-refractivity contribution is 6.36. The molecule has 1 aromatic rings. The maximum absolute atomic E-state index is 12.9. The molecular weight excluding hydrogens is 357 g/mol. The number of ether oxygens (including phenoxy) is 1. The van der Waals surface area contributed by atoms with Gasteiger partial charge in [0.05, 0.1) is 17.7 Å². The highest BCUT2D eigenvalue weighted by Gasteiger charge is 2.53. The molecule has 0 aromatic heterocycles. The van der Waals surface area contributed by atoms with Crippen LogP contribution in [0.1, 0.15) is 55.8 Å². The van der Waals surface area contributed by atoms with E-state index in [1.165, 1.54) is 45.6 Å². The Morgan fingerprint density at radius 1 is 1.16 bits per heavy atom. The normalized spacial score (nSPS) is 34.0. The minimum atomic E-state index is -0.149. The van der Waals surface area contributed by atoms with Crippen molar-refractivity contribution in [3.05, 3.63) is 27.7 Å². The highest BCUT2D eigenvalue weighted by Crippen LogP contribution is 2.61. The molecular formula is C20H25Cl2NO2. The summed E-state index contributed by atoms with van der Waals surface area (Å²) in [4.78, 5) is 12.9. The van der Waals surface area contributed by atoms with E-state index in [-0.39, 0.29) is 17.4 Å². The lowest BCUT2D eigenvalue weighted by Gasteiger charge is -2.59. The van der Waals surface area contributed by atoms with Crippen LogP contribution in [0.5, 0.6) is 5.75 Å². The molecule has 0 heterocycles. The van der Waals surface area contributed by atoms with E-state index in [9.17, 15) is 4.79 Å². The lowest BCUT2D eigenvalue weighted by molar-refractivity contribution is -0.0688. The first kappa shape index (κ1) is 17.5. The van der Waals surface area contributed by atoms with Gasteiger partial charge in [-0.05, 0) is 80.8 Å². The fourth-order valence-electron chi connectivity index (χ4n) is 6.07. The first-order valence-electron chi connectivity index (χ1n) is 9.24. The van der Waals surface area contributed by atoms with Crippen LogP contribution < -0.4 is 10.1 Å². The van der Waals surface area contributed by atoms with Crippen LogP contribution in [-0.4, -0.2) is 19.1 Å². The topological polar surface area (TPSA) is 38.3 Å². The molecule has 1 amide bonds. The van der Waals surface area contributed by atoms with E-state index in [0.29, 0.717) is 21.4 Å². The number of carbonyl (C=O) groups is 1. The minimum absolute atomic E-state index is 0.149. The van der Waals surface area contributed by atoms with Gasteiger partial charge in [0, 0.05) is 11.1 Å². The summed E-state index contributed by atoms with van der Waals surface area (Å²) < 4.78 is 5.33. The van der Waals surface area contributed by atoms with Gasteiger partial charge in [-0.1, -0.05) is 23.2 Å². The Kier molecular flexibility index (Phi) is 4.44. The average molecular weight is 382 g/mol. The molecule has 4 aliphatic carbocycles. The zero-order valence-electron chi connectivity index (χ0n) is 14.8. The van der Waals surface area contributed by atoms with Gasteiger partial charge in [0.15, 0.2) is 0 Å². The van der Waals surface area contributed by atoms with E-state index >= 15 is 0 Å². The summed E-state index contributed by atoms with van der Waals surface area (Å²) in [6.45, 7) is 2.17. The quantitative estimate of drug-likeness (QED) is 0.764. The van der Waals surface area contributed by atoms with Gasteiger partial charge < -0.3 is 10.1 Å². The molecule has 1 aromatic carbocycles. The molecule has 25 heavy (non-hydrogen) atoms. The summed E-state index contributed by atoms with van der Waals surface area (Å²) in [6.07, 6.45) is 7.97. The lowest BCUT2D eigenvalue weighted by atomic mass is 9.48. The molecule has 0 saturated heterocycles. The van der Waals surface area contributed by atoms with Crippen LogP contribution in [-0.2, 0) is 0 Å². The molecule has 1 N–H and O–H groups in total. The summed E-state index contributed by atoms with van der Waals surface area (Å²) in [5.74, 6) is 2.83. The molecule has 4 fully saturated rings. The number of nitrogens with one attached hydrogen (secondary N) is 1. The van der Waals surface area contributed by atoms with Crippen molar-refractivity contribution in [3.8, 4) is 5.75 Å². The van der Waals surface area contributed by atoms with Gasteiger partial charge in [0.1, 0.15) is 5.75 Å². The number of benzene rings is 1. The number of carbonyl (C=O) groups excluding carboxylic acids is 1. The maximum Gasteiger partial charge on any atom is 0.255 e. The molecule has 3 nitrogen and oxygen atoms in total. The zero-order valence-corrected chi connectivity index (χ0v) is 16.3. The van der Waals surface area contributed by atoms with Gasteiger partial charge in [-0.3, -0.25) is 4.79 Å². The molecule has 4 aliphatic rings. The zero-order chi connectivity index (χ0) is 17.8. The Labute approximate surface area is 159 Å². The molecule has 0 aliphatic heterocycles. The van der Waals surface area contributed by atoms with E-state index in [1.807, 2.05) is 0 Å². The predicted molar refractivity (Wildman–Crippen MR) is 101 cm³/mol. The molecule has 4 saturated carbocycles. The second-order valence-corrected chi connectivity index (χ2v) is 9.29. The van der Waals surface area contributed by atoms with Gasteiger partial charge in [-0.15, -0.1) is 0 Å². The standard InChI is InChI=1S/C20H25Cl2NO2/c1-11(20-8-12-3-13(9-20)5-14(4-12)10-20)23-19(24)16-6-15(21)7-17(22)18(16)25-2/h6-7,11-14H,3-5,8-10H2,1-2H3,(H,23,24)/t11-,12?,13?,14?,20?/m1/s1. The molecule has 5 rings (SSSR count). The lowest BCUT2D eigenvalue weighted by Crippen LogP contribution is -2.55. The van der Waals surface area contributed by atoms with E-state index in [2.05, 4.69) is 12.2 Å². The summed E-state index contributed by atoms with van der Waals surface area (Å²) >= 11 is 12.3. The van der Waals surface area contributed by atoms with Crippen molar-refractivity contribution in [2.75, 3.05) is 7.11 Å². The van der Waals surface area contributed by atoms with Gasteiger partial charge in [0.25, 0.3) is 5.91 Å². The third-order valence-electron chi connectivity index (χ3n) is 6.81. The van der Waals surface area contributed by atoms with Crippen LogP contribution in [0.4, 0.5) is 0 Å². The third kappa shape index (κ3) is 3.04. The van der Waals surface area contributed by atoms with Crippen molar-refractivity contribution in [3.63, 3.8) is 0 Å². The average Bonchev–Trinajstić information content (AvgIpc) is 2.52. The number of hydrogen-bond acceptors (Lipinski definition) is 2. The van der Waals surface area contributed by atoms with Crippen LogP contribution in [0.3, 0.4) is 0 Å². The molecule has 0 spiro atoms. The molecule has 5 heteroatoms. The van der Waals surface area contributed by atoms with Crippen LogP contribution in [0.25, 0.3) is 0 Å². The van der Waals surface area contributed by atoms with Gasteiger partial charge >= 0.3 is 0 Å². The Bertz CT molecular complexity index is 668. The van der Waals surface area contributed by atoms with Crippen LogP contribution in [0.2, 0.25) is 10.0 Å². The SMILES string of the molecule is COc1c(Cl)cc(Cl)cc1C(=O)N[C@H](C)C12CC3CC(CC(C3)C1)C2. The maximum atomic E-state index is 12.9. The molecule has 0 radical (unpaired) electrons. The number of halogens is 2. The Balaban J connectivity index is 1.55. The second kappa shape index (κ2) is 6.35. The molecule has 0 unspecified atom stereocenters. The van der Waals surface area contributed by atoms with Crippen molar-refractivity contribution >= 4 is 29.1 Å². The first-order chi connectivity index (χ1) is 11.9. The number of amides is 1. The summed E-state index contributed by atoms with van der Waals surface area (Å²) in [7, 11) is 1.52. The largest absolute Gasteiger partial charge is 0.494 e. The smallest absolute Gasteiger partial charge is 0.255 e. The summed E-state index contributed by atoms with van der Waals surface area (Å²) in [5.41, 5.74) is 0.677. The molecule has 1 atom stereocenters. The summed E-state index contributed by atoms with van der Waals surface area (Å²) in [6, 6.07) is 3.38. The van der Waals surface area contributed by atoms with Crippen molar-refractivity contribution in [2.24, 2.45) is 23.2 Å². The molecule has 136 valence electrons. The van der Waals surface area contributed by atoms with E-state index in [1.54, 1.807) is 12.1 Å². The van der Waals surface area contributed by atoms with Crippen LogP contribution in [0.15, 0.2) is 12.1 Å². The number of hydrogen-bond donors (Lipinski definition) is 1. The fourth-order valence-corrected chi connectivity index (χ4v) is 6.64. The Hall–Kier alpha value is -0.930. The minimum Gasteiger partial charge on any atom is -0.494 e. The summed E-state index contributed by atoms with van der Waals surface area (Å²) in [5, 5.41) is 4.05. The van der Waals surface area contributed by atoms with Crippen molar-refractivity contribution < 1.29 is 9.53 Å². The monoisotopic (exact) mass is 381 g/mol. The van der Waals surface area contributed by atoms with E-state index < -0.39 is 0 Å². The van der Waals surface area contributed by atoms with E-state index in [4.69, 9.17) is 27.9 Å².